The zero-order valence-corrected chi connectivity index (χ0v) is 21.1. The molecule has 2 amide bonds. The van der Waals surface area contributed by atoms with Crippen LogP contribution in [0, 0.1) is 0 Å². The number of nitrogens with zero attached hydrogens (tertiary/aromatic N) is 5. The topological polar surface area (TPSA) is 123 Å². The van der Waals surface area contributed by atoms with Crippen molar-refractivity contribution in [1.82, 2.24) is 25.4 Å². The van der Waals surface area contributed by atoms with Crippen LogP contribution in [0.3, 0.4) is 0 Å². The molecule has 3 heterocycles. The molecule has 0 unspecified atom stereocenters. The predicted octanol–water partition coefficient (Wildman–Crippen LogP) is 4.59. The van der Waals surface area contributed by atoms with Crippen molar-refractivity contribution in [3.05, 3.63) is 76.0 Å². The first-order chi connectivity index (χ1) is 17.6. The summed E-state index contributed by atoms with van der Waals surface area (Å²) in [5, 5.41) is 25.8. The van der Waals surface area contributed by atoms with Crippen LogP contribution in [0.15, 0.2) is 54.9 Å². The van der Waals surface area contributed by atoms with Crippen LogP contribution in [0.2, 0.25) is 0 Å². The van der Waals surface area contributed by atoms with Crippen LogP contribution in [-0.2, 0) is 22.4 Å². The molecule has 3 aromatic heterocycles. The Morgan fingerprint density at radius 3 is 1.94 bits per heavy atom. The van der Waals surface area contributed by atoms with Gasteiger partial charge >= 0.3 is 0 Å². The van der Waals surface area contributed by atoms with Crippen molar-refractivity contribution in [2.24, 2.45) is 0 Å². The van der Waals surface area contributed by atoms with Crippen LogP contribution < -0.4 is 10.6 Å². The number of benzene rings is 1. The van der Waals surface area contributed by atoms with E-state index in [1.165, 1.54) is 22.7 Å². The molecule has 5 rings (SSSR count). The lowest BCUT2D eigenvalue weighted by atomic mass is 9.82. The Morgan fingerprint density at radius 2 is 1.36 bits per heavy atom. The quantitative estimate of drug-likeness (QED) is 0.349. The third-order valence-electron chi connectivity index (χ3n) is 6.04. The number of hydrogen-bond acceptors (Lipinski definition) is 9. The second-order valence-electron chi connectivity index (χ2n) is 8.75. The summed E-state index contributed by atoms with van der Waals surface area (Å²) in [4.78, 5) is 28.7. The maximum atomic E-state index is 12.4. The Bertz CT molecular complexity index is 1210. The number of aromatic nitrogens is 5. The minimum atomic E-state index is -0.136. The Morgan fingerprint density at radius 1 is 0.778 bits per heavy atom. The van der Waals surface area contributed by atoms with Gasteiger partial charge in [-0.2, -0.15) is 0 Å². The summed E-state index contributed by atoms with van der Waals surface area (Å²) >= 11 is 2.87. The van der Waals surface area contributed by atoms with Crippen molar-refractivity contribution in [3.8, 4) is 0 Å². The van der Waals surface area contributed by atoms with E-state index < -0.39 is 0 Å². The van der Waals surface area contributed by atoms with E-state index in [-0.39, 0.29) is 30.1 Å². The highest BCUT2D eigenvalue weighted by Gasteiger charge is 2.29. The molecule has 2 N–H and O–H groups in total. The third-order valence-corrected chi connectivity index (χ3v) is 8.04. The summed E-state index contributed by atoms with van der Waals surface area (Å²) in [7, 11) is 0. The summed E-state index contributed by atoms with van der Waals surface area (Å²) in [6.45, 7) is 0. The molecule has 0 radical (unpaired) electrons. The van der Waals surface area contributed by atoms with Gasteiger partial charge in [-0.25, -0.2) is 0 Å². The van der Waals surface area contributed by atoms with Gasteiger partial charge in [0.2, 0.25) is 22.1 Å². The molecule has 2 atom stereocenters. The van der Waals surface area contributed by atoms with E-state index in [2.05, 4.69) is 36.0 Å². The Labute approximate surface area is 216 Å². The maximum absolute atomic E-state index is 12.4. The molecule has 0 aliphatic heterocycles. The van der Waals surface area contributed by atoms with Crippen LogP contribution in [0.1, 0.15) is 58.7 Å². The van der Waals surface area contributed by atoms with Gasteiger partial charge in [0, 0.05) is 24.2 Å². The van der Waals surface area contributed by atoms with E-state index in [1.54, 1.807) is 12.4 Å². The Balaban J connectivity index is 1.15. The van der Waals surface area contributed by atoms with Gasteiger partial charge in [0.15, 0.2) is 0 Å². The summed E-state index contributed by atoms with van der Waals surface area (Å²) in [5.74, 6) is 0.277. The zero-order valence-electron chi connectivity index (χ0n) is 19.5. The fourth-order valence-corrected chi connectivity index (χ4v) is 6.15. The second-order valence-corrected chi connectivity index (χ2v) is 10.8. The summed E-state index contributed by atoms with van der Waals surface area (Å²) < 4.78 is 0. The summed E-state index contributed by atoms with van der Waals surface area (Å²) in [6, 6.07) is 13.3. The standard InChI is InChI=1S/C25H25N7O2S2/c33-20(12-16-6-2-1-3-7-16)27-24-31-29-22(35-24)18-9-4-10-19(14-18)23-30-32-25(36-23)28-21(34)13-17-8-5-11-26-15-17/h1-3,5-8,11,15,18-19H,4,9-10,12-14H2,(H,27,31,33)(H,28,32,34)/t18-,19-/m1/s1. The van der Waals surface area contributed by atoms with Crippen molar-refractivity contribution in [3.63, 3.8) is 0 Å². The molecule has 0 spiro atoms. The molecular formula is C25H25N7O2S2. The van der Waals surface area contributed by atoms with E-state index in [4.69, 9.17) is 0 Å². The highest BCUT2D eigenvalue weighted by molar-refractivity contribution is 7.15. The highest BCUT2D eigenvalue weighted by atomic mass is 32.1. The molecule has 9 nitrogen and oxygen atoms in total. The zero-order chi connectivity index (χ0) is 24.7. The molecule has 0 saturated heterocycles. The fourth-order valence-electron chi connectivity index (χ4n) is 4.33. The molecule has 4 aromatic rings. The first kappa shape index (κ1) is 24.1. The summed E-state index contributed by atoms with van der Waals surface area (Å²) in [6.07, 6.45) is 7.90. The van der Waals surface area contributed by atoms with E-state index in [9.17, 15) is 9.59 Å². The number of nitrogens with one attached hydrogen (secondary N) is 2. The van der Waals surface area contributed by atoms with Crippen molar-refractivity contribution in [1.29, 1.82) is 0 Å². The van der Waals surface area contributed by atoms with E-state index in [0.29, 0.717) is 16.7 Å². The van der Waals surface area contributed by atoms with Gasteiger partial charge in [0.05, 0.1) is 12.8 Å². The largest absolute Gasteiger partial charge is 0.300 e. The number of pyridine rings is 1. The monoisotopic (exact) mass is 519 g/mol. The molecule has 0 bridgehead atoms. The minimum absolute atomic E-state index is 0.0996. The normalized spacial score (nSPS) is 17.4. The Hall–Kier alpha value is -3.57. The number of carbonyl (C=O) groups is 2. The SMILES string of the molecule is O=C(Cc1ccccc1)Nc1nnc([C@@H]2CCC[C@@H](c3nnc(NC(=O)Cc4cccnc4)s3)C2)s1. The van der Waals surface area contributed by atoms with Gasteiger partial charge in [-0.1, -0.05) is 65.5 Å². The van der Waals surface area contributed by atoms with Crippen molar-refractivity contribution >= 4 is 44.8 Å². The van der Waals surface area contributed by atoms with E-state index in [0.717, 1.165) is 46.8 Å². The van der Waals surface area contributed by atoms with Gasteiger partial charge in [-0.3, -0.25) is 14.6 Å². The minimum Gasteiger partial charge on any atom is -0.300 e. The summed E-state index contributed by atoms with van der Waals surface area (Å²) in [5.41, 5.74) is 1.81. The fraction of sp³-hybridized carbons (Fsp3) is 0.320. The van der Waals surface area contributed by atoms with Crippen LogP contribution in [0.5, 0.6) is 0 Å². The average Bonchev–Trinajstić information content (AvgIpc) is 3.55. The number of anilines is 2. The van der Waals surface area contributed by atoms with Crippen LogP contribution in [-0.4, -0.2) is 37.2 Å². The van der Waals surface area contributed by atoms with Crippen molar-refractivity contribution < 1.29 is 9.59 Å². The van der Waals surface area contributed by atoms with E-state index in [1.807, 2.05) is 42.5 Å². The maximum Gasteiger partial charge on any atom is 0.230 e. The molecule has 1 aromatic carbocycles. The number of carbonyl (C=O) groups excluding carboxylic acids is 2. The third kappa shape index (κ3) is 6.35. The van der Waals surface area contributed by atoms with Gasteiger partial charge in [0.1, 0.15) is 10.0 Å². The lowest BCUT2D eigenvalue weighted by Gasteiger charge is -2.25. The number of rotatable bonds is 8. The molecule has 1 saturated carbocycles. The van der Waals surface area contributed by atoms with Crippen LogP contribution in [0.4, 0.5) is 10.3 Å². The van der Waals surface area contributed by atoms with Gasteiger partial charge < -0.3 is 10.6 Å². The van der Waals surface area contributed by atoms with Crippen LogP contribution in [0.25, 0.3) is 0 Å². The lowest BCUT2D eigenvalue weighted by Crippen LogP contribution is -2.14. The van der Waals surface area contributed by atoms with Gasteiger partial charge in [0.25, 0.3) is 0 Å². The van der Waals surface area contributed by atoms with Crippen LogP contribution >= 0.6 is 22.7 Å². The molecular weight excluding hydrogens is 494 g/mol. The smallest absolute Gasteiger partial charge is 0.230 e. The first-order valence-electron chi connectivity index (χ1n) is 11.8. The molecule has 36 heavy (non-hydrogen) atoms. The predicted molar refractivity (Wildman–Crippen MR) is 139 cm³/mol. The average molecular weight is 520 g/mol. The molecule has 1 aliphatic carbocycles. The van der Waals surface area contributed by atoms with Gasteiger partial charge in [-0.05, 0) is 36.5 Å². The second kappa shape index (κ2) is 11.4. The van der Waals surface area contributed by atoms with Crippen molar-refractivity contribution in [2.45, 2.75) is 50.4 Å². The molecule has 11 heteroatoms. The first-order valence-corrected chi connectivity index (χ1v) is 13.4. The molecule has 1 fully saturated rings. The Kier molecular flexibility index (Phi) is 7.67. The lowest BCUT2D eigenvalue weighted by molar-refractivity contribution is -0.116. The number of amides is 2. The molecule has 1 aliphatic rings. The molecule has 184 valence electrons. The number of hydrogen-bond donors (Lipinski definition) is 2. The van der Waals surface area contributed by atoms with Gasteiger partial charge in [-0.15, -0.1) is 20.4 Å². The van der Waals surface area contributed by atoms with Crippen molar-refractivity contribution in [2.75, 3.05) is 10.6 Å². The van der Waals surface area contributed by atoms with E-state index >= 15 is 0 Å². The highest BCUT2D eigenvalue weighted by Crippen LogP contribution is 2.43.